The van der Waals surface area contributed by atoms with Gasteiger partial charge in [0.25, 0.3) is 5.91 Å². The normalized spacial score (nSPS) is 16.8. The first-order valence-electron chi connectivity index (χ1n) is 6.04. The Labute approximate surface area is 111 Å². The summed E-state index contributed by atoms with van der Waals surface area (Å²) in [6, 6.07) is 6.65. The van der Waals surface area contributed by atoms with Crippen LogP contribution in [0.1, 0.15) is 25.3 Å². The molecular weight excluding hydrogens is 246 g/mol. The van der Waals surface area contributed by atoms with Crippen LogP contribution in [0, 0.1) is 0 Å². The van der Waals surface area contributed by atoms with Gasteiger partial charge >= 0.3 is 0 Å². The van der Waals surface area contributed by atoms with Gasteiger partial charge in [-0.3, -0.25) is 4.79 Å². The lowest BCUT2D eigenvalue weighted by Crippen LogP contribution is -2.37. The zero-order chi connectivity index (χ0) is 13.9. The van der Waals surface area contributed by atoms with Crippen LogP contribution in [-0.2, 0) is 4.79 Å². The highest BCUT2D eigenvalue weighted by Gasteiger charge is 2.38. The van der Waals surface area contributed by atoms with Crippen LogP contribution in [0.4, 0.5) is 0 Å². The third-order valence-electron chi connectivity index (χ3n) is 3.07. The van der Waals surface area contributed by atoms with E-state index in [1.807, 2.05) is 6.92 Å². The molecular formula is C13H17N3O3. The Kier molecular flexibility index (Phi) is 3.59. The Hall–Kier alpha value is -2.24. The summed E-state index contributed by atoms with van der Waals surface area (Å²) in [6.45, 7) is 2.00. The van der Waals surface area contributed by atoms with Crippen molar-refractivity contribution in [2.45, 2.75) is 25.3 Å². The molecule has 1 saturated carbocycles. The first-order valence-corrected chi connectivity index (χ1v) is 6.04. The number of ether oxygens (including phenoxy) is 1. The van der Waals surface area contributed by atoms with Crippen LogP contribution in [0.3, 0.4) is 0 Å². The van der Waals surface area contributed by atoms with Gasteiger partial charge in [-0.15, -0.1) is 0 Å². The van der Waals surface area contributed by atoms with E-state index in [2.05, 4.69) is 10.5 Å². The number of carbonyl (C=O) groups excluding carboxylic acids is 1. The third kappa shape index (κ3) is 3.61. The van der Waals surface area contributed by atoms with Crippen molar-refractivity contribution in [3.63, 3.8) is 0 Å². The highest BCUT2D eigenvalue weighted by Crippen LogP contribution is 2.34. The number of hydrogen-bond acceptors (Lipinski definition) is 4. The number of rotatable bonds is 5. The lowest BCUT2D eigenvalue weighted by Gasteiger charge is -2.12. The fraction of sp³-hybridized carbons (Fsp3) is 0.385. The van der Waals surface area contributed by atoms with Crippen LogP contribution in [0.25, 0.3) is 0 Å². The molecule has 0 bridgehead atoms. The Morgan fingerprint density at radius 1 is 1.47 bits per heavy atom. The number of benzene rings is 1. The van der Waals surface area contributed by atoms with E-state index in [0.29, 0.717) is 11.3 Å². The molecule has 0 radical (unpaired) electrons. The van der Waals surface area contributed by atoms with Gasteiger partial charge in [-0.2, -0.15) is 0 Å². The zero-order valence-electron chi connectivity index (χ0n) is 10.7. The minimum Gasteiger partial charge on any atom is -0.484 e. The number of carbonyl (C=O) groups is 1. The largest absolute Gasteiger partial charge is 0.484 e. The second kappa shape index (κ2) is 5.17. The highest BCUT2D eigenvalue weighted by molar-refractivity contribution is 5.97. The lowest BCUT2D eigenvalue weighted by molar-refractivity contribution is -0.123. The summed E-state index contributed by atoms with van der Waals surface area (Å²) in [7, 11) is 0. The molecule has 4 N–H and O–H groups in total. The topological polar surface area (TPSA) is 96.9 Å². The standard InChI is InChI=1S/C13H17N3O3/c1-13(6-7-13)15-11(17)8-19-10-4-2-9(3-5-10)12(14)16-18/h2-5,18H,6-8H2,1H3,(H2,14,16)(H,15,17). The first kappa shape index (κ1) is 13.2. The van der Waals surface area contributed by atoms with Crippen molar-refractivity contribution >= 4 is 11.7 Å². The quantitative estimate of drug-likeness (QED) is 0.317. The summed E-state index contributed by atoms with van der Waals surface area (Å²) < 4.78 is 5.35. The molecule has 1 aliphatic carbocycles. The predicted octanol–water partition coefficient (Wildman–Crippen LogP) is 0.829. The van der Waals surface area contributed by atoms with E-state index in [0.717, 1.165) is 12.8 Å². The molecule has 0 aliphatic heterocycles. The summed E-state index contributed by atoms with van der Waals surface area (Å²) in [5, 5.41) is 14.3. The third-order valence-corrected chi connectivity index (χ3v) is 3.07. The van der Waals surface area contributed by atoms with Crippen LogP contribution < -0.4 is 15.8 Å². The molecule has 1 fully saturated rings. The summed E-state index contributed by atoms with van der Waals surface area (Å²) in [5.74, 6) is 0.469. The molecule has 1 aromatic rings. The Bertz CT molecular complexity index is 492. The fourth-order valence-electron chi connectivity index (χ4n) is 1.61. The first-order chi connectivity index (χ1) is 9.02. The van der Waals surface area contributed by atoms with Crippen molar-refractivity contribution in [1.29, 1.82) is 0 Å². The molecule has 2 rings (SSSR count). The van der Waals surface area contributed by atoms with Crippen molar-refractivity contribution < 1.29 is 14.7 Å². The maximum absolute atomic E-state index is 11.6. The van der Waals surface area contributed by atoms with Gasteiger partial charge in [0.2, 0.25) is 0 Å². The van der Waals surface area contributed by atoms with Gasteiger partial charge in [0, 0.05) is 11.1 Å². The average molecular weight is 263 g/mol. The van der Waals surface area contributed by atoms with Gasteiger partial charge in [-0.05, 0) is 44.0 Å². The number of nitrogens with two attached hydrogens (primary N) is 1. The monoisotopic (exact) mass is 263 g/mol. The van der Waals surface area contributed by atoms with Gasteiger partial charge in [0.15, 0.2) is 12.4 Å². The number of amidine groups is 1. The minimum atomic E-state index is -0.125. The fourth-order valence-corrected chi connectivity index (χ4v) is 1.61. The minimum absolute atomic E-state index is 0.0154. The maximum atomic E-state index is 11.6. The van der Waals surface area contributed by atoms with E-state index in [1.54, 1.807) is 24.3 Å². The average Bonchev–Trinajstić information content (AvgIpc) is 3.13. The Morgan fingerprint density at radius 3 is 2.63 bits per heavy atom. The van der Waals surface area contributed by atoms with E-state index in [1.165, 1.54) is 0 Å². The van der Waals surface area contributed by atoms with Gasteiger partial charge in [-0.1, -0.05) is 5.16 Å². The Balaban J connectivity index is 1.84. The van der Waals surface area contributed by atoms with E-state index in [9.17, 15) is 4.79 Å². The van der Waals surface area contributed by atoms with Gasteiger partial charge in [-0.25, -0.2) is 0 Å². The molecule has 1 amide bonds. The summed E-state index contributed by atoms with van der Waals surface area (Å²) in [6.07, 6.45) is 2.04. The molecule has 1 aromatic carbocycles. The van der Waals surface area contributed by atoms with Gasteiger partial charge < -0.3 is 21.0 Å². The molecule has 0 saturated heterocycles. The van der Waals surface area contributed by atoms with Crippen LogP contribution in [-0.4, -0.2) is 29.1 Å². The SMILES string of the molecule is CC1(NC(=O)COc2ccc(/C(N)=N/O)cc2)CC1. The molecule has 0 spiro atoms. The van der Waals surface area contributed by atoms with Crippen LogP contribution in [0.5, 0.6) is 5.75 Å². The second-order valence-electron chi connectivity index (χ2n) is 4.91. The number of amides is 1. The number of oxime groups is 1. The van der Waals surface area contributed by atoms with Crippen LogP contribution in [0.15, 0.2) is 29.4 Å². The maximum Gasteiger partial charge on any atom is 0.258 e. The second-order valence-corrected chi connectivity index (χ2v) is 4.91. The smallest absolute Gasteiger partial charge is 0.258 e. The molecule has 6 heteroatoms. The predicted molar refractivity (Wildman–Crippen MR) is 70.2 cm³/mol. The zero-order valence-corrected chi connectivity index (χ0v) is 10.7. The number of nitrogens with zero attached hydrogens (tertiary/aromatic N) is 1. The molecule has 102 valence electrons. The van der Waals surface area contributed by atoms with E-state index in [4.69, 9.17) is 15.7 Å². The molecule has 0 atom stereocenters. The molecule has 19 heavy (non-hydrogen) atoms. The Morgan fingerprint density at radius 2 is 2.11 bits per heavy atom. The summed E-state index contributed by atoms with van der Waals surface area (Å²) in [4.78, 5) is 11.6. The van der Waals surface area contributed by atoms with Crippen molar-refractivity contribution in [1.82, 2.24) is 5.32 Å². The van der Waals surface area contributed by atoms with Gasteiger partial charge in [0.1, 0.15) is 5.75 Å². The molecule has 1 aliphatic rings. The summed E-state index contributed by atoms with van der Waals surface area (Å²) in [5.41, 5.74) is 5.99. The van der Waals surface area contributed by atoms with Crippen molar-refractivity contribution in [3.05, 3.63) is 29.8 Å². The highest BCUT2D eigenvalue weighted by atomic mass is 16.5. The molecule has 0 heterocycles. The van der Waals surface area contributed by atoms with E-state index < -0.39 is 0 Å². The van der Waals surface area contributed by atoms with Crippen molar-refractivity contribution in [2.24, 2.45) is 10.9 Å². The molecule has 6 nitrogen and oxygen atoms in total. The van der Waals surface area contributed by atoms with E-state index in [-0.39, 0.29) is 23.9 Å². The van der Waals surface area contributed by atoms with Gasteiger partial charge in [0.05, 0.1) is 0 Å². The van der Waals surface area contributed by atoms with Crippen molar-refractivity contribution in [3.8, 4) is 5.75 Å². The molecule has 0 unspecified atom stereocenters. The van der Waals surface area contributed by atoms with E-state index >= 15 is 0 Å². The van der Waals surface area contributed by atoms with Crippen LogP contribution >= 0.6 is 0 Å². The number of hydrogen-bond donors (Lipinski definition) is 3. The van der Waals surface area contributed by atoms with Crippen molar-refractivity contribution in [2.75, 3.05) is 6.61 Å². The van der Waals surface area contributed by atoms with Crippen LogP contribution in [0.2, 0.25) is 0 Å². The molecule has 0 aromatic heterocycles. The lowest BCUT2D eigenvalue weighted by atomic mass is 10.2. The number of nitrogens with one attached hydrogen (secondary N) is 1. The summed E-state index contributed by atoms with van der Waals surface area (Å²) >= 11 is 0.